The Hall–Kier alpha value is -3.12. The number of carbonyl (C=O) groups excluding carboxylic acids is 2. The SMILES string of the molecule is CCOC(=O)c1c(NC(=O)c2cccc(-n3cnnn3)c2)sc2c1CCS(=O)(=O)C2. The van der Waals surface area contributed by atoms with Gasteiger partial charge in [0.05, 0.1) is 29.4 Å². The summed E-state index contributed by atoms with van der Waals surface area (Å²) >= 11 is 1.09. The molecule has 30 heavy (non-hydrogen) atoms. The van der Waals surface area contributed by atoms with Crippen molar-refractivity contribution in [2.45, 2.75) is 19.1 Å². The Morgan fingerprint density at radius 2 is 2.17 bits per heavy atom. The molecule has 0 atom stereocenters. The first-order chi connectivity index (χ1) is 14.4. The van der Waals surface area contributed by atoms with Crippen LogP contribution in [0.1, 0.15) is 38.1 Å². The topological polar surface area (TPSA) is 133 Å². The monoisotopic (exact) mass is 447 g/mol. The lowest BCUT2D eigenvalue weighted by Gasteiger charge is -2.13. The number of hydrogen-bond acceptors (Lipinski definition) is 9. The van der Waals surface area contributed by atoms with Crippen molar-refractivity contribution in [3.63, 3.8) is 0 Å². The molecule has 1 amide bonds. The van der Waals surface area contributed by atoms with Crippen LogP contribution in [-0.2, 0) is 26.7 Å². The smallest absolute Gasteiger partial charge is 0.341 e. The average molecular weight is 447 g/mol. The van der Waals surface area contributed by atoms with Gasteiger partial charge >= 0.3 is 5.97 Å². The molecule has 0 fully saturated rings. The lowest BCUT2D eigenvalue weighted by molar-refractivity contribution is 0.0527. The number of nitrogens with one attached hydrogen (secondary N) is 1. The lowest BCUT2D eigenvalue weighted by atomic mass is 10.1. The maximum Gasteiger partial charge on any atom is 0.341 e. The molecule has 156 valence electrons. The third-order valence-electron chi connectivity index (χ3n) is 4.53. The van der Waals surface area contributed by atoms with Gasteiger partial charge in [-0.05, 0) is 47.5 Å². The number of carbonyl (C=O) groups is 2. The second-order valence-electron chi connectivity index (χ2n) is 6.53. The highest BCUT2D eigenvalue weighted by Gasteiger charge is 2.32. The minimum absolute atomic E-state index is 0.0372. The molecule has 3 heterocycles. The van der Waals surface area contributed by atoms with Crippen LogP contribution in [0.4, 0.5) is 5.00 Å². The predicted molar refractivity (Wildman–Crippen MR) is 109 cm³/mol. The van der Waals surface area contributed by atoms with Crippen molar-refractivity contribution >= 4 is 38.1 Å². The van der Waals surface area contributed by atoms with Gasteiger partial charge in [0.1, 0.15) is 11.3 Å². The number of benzene rings is 1. The lowest BCUT2D eigenvalue weighted by Crippen LogP contribution is -2.20. The molecule has 12 heteroatoms. The zero-order chi connectivity index (χ0) is 21.3. The molecule has 2 aromatic heterocycles. The van der Waals surface area contributed by atoms with E-state index in [1.54, 1.807) is 31.2 Å². The van der Waals surface area contributed by atoms with Gasteiger partial charge < -0.3 is 10.1 Å². The average Bonchev–Trinajstić information content (AvgIpc) is 3.35. The highest BCUT2D eigenvalue weighted by Crippen LogP contribution is 2.38. The number of amides is 1. The van der Waals surface area contributed by atoms with Crippen molar-refractivity contribution in [3.05, 3.63) is 52.2 Å². The molecule has 0 bridgehead atoms. The fraction of sp³-hybridized carbons (Fsp3) is 0.278. The molecule has 4 rings (SSSR count). The number of anilines is 1. The van der Waals surface area contributed by atoms with E-state index in [4.69, 9.17) is 4.74 Å². The largest absolute Gasteiger partial charge is 0.462 e. The summed E-state index contributed by atoms with van der Waals surface area (Å²) in [7, 11) is -3.22. The summed E-state index contributed by atoms with van der Waals surface area (Å²) < 4.78 is 30.6. The van der Waals surface area contributed by atoms with E-state index in [-0.39, 0.29) is 35.1 Å². The molecule has 1 N–H and O–H groups in total. The molecular formula is C18H17N5O5S2. The van der Waals surface area contributed by atoms with Crippen LogP contribution in [0.5, 0.6) is 0 Å². The van der Waals surface area contributed by atoms with E-state index in [2.05, 4.69) is 20.8 Å². The predicted octanol–water partition coefficient (Wildman–Crippen LogP) is 1.62. The molecule has 1 aliphatic rings. The molecule has 0 saturated heterocycles. The van der Waals surface area contributed by atoms with Crippen LogP contribution in [0.25, 0.3) is 5.69 Å². The summed E-state index contributed by atoms with van der Waals surface area (Å²) in [5, 5.41) is 14.0. The summed E-state index contributed by atoms with van der Waals surface area (Å²) in [5.74, 6) is -1.21. The number of fused-ring (bicyclic) bond motifs is 1. The van der Waals surface area contributed by atoms with Gasteiger partial charge in [0.2, 0.25) is 0 Å². The van der Waals surface area contributed by atoms with E-state index < -0.39 is 21.7 Å². The minimum Gasteiger partial charge on any atom is -0.462 e. The Bertz CT molecular complexity index is 1220. The van der Waals surface area contributed by atoms with E-state index in [0.717, 1.165) is 11.3 Å². The quantitative estimate of drug-likeness (QED) is 0.584. The molecule has 0 saturated carbocycles. The van der Waals surface area contributed by atoms with Crippen LogP contribution in [-0.4, -0.2) is 52.9 Å². The zero-order valence-electron chi connectivity index (χ0n) is 15.9. The number of hydrogen-bond donors (Lipinski definition) is 1. The maximum absolute atomic E-state index is 12.9. The molecule has 0 aliphatic carbocycles. The van der Waals surface area contributed by atoms with Crippen molar-refractivity contribution < 1.29 is 22.7 Å². The van der Waals surface area contributed by atoms with Crippen LogP contribution in [0.2, 0.25) is 0 Å². The van der Waals surface area contributed by atoms with Crippen molar-refractivity contribution in [2.24, 2.45) is 0 Å². The molecule has 1 aliphatic heterocycles. The summed E-state index contributed by atoms with van der Waals surface area (Å²) in [4.78, 5) is 26.0. The summed E-state index contributed by atoms with van der Waals surface area (Å²) in [6.07, 6.45) is 1.62. The highest BCUT2D eigenvalue weighted by atomic mass is 32.2. The van der Waals surface area contributed by atoms with Gasteiger partial charge in [0.25, 0.3) is 5.91 Å². The fourth-order valence-electron chi connectivity index (χ4n) is 3.17. The molecule has 0 unspecified atom stereocenters. The van der Waals surface area contributed by atoms with Gasteiger partial charge in [0, 0.05) is 10.4 Å². The van der Waals surface area contributed by atoms with Crippen LogP contribution >= 0.6 is 11.3 Å². The number of tetrazole rings is 1. The maximum atomic E-state index is 12.9. The van der Waals surface area contributed by atoms with Crippen molar-refractivity contribution in [2.75, 3.05) is 17.7 Å². The number of aromatic nitrogens is 4. The summed E-state index contributed by atoms with van der Waals surface area (Å²) in [6.45, 7) is 1.85. The van der Waals surface area contributed by atoms with E-state index >= 15 is 0 Å². The Balaban J connectivity index is 1.67. The Morgan fingerprint density at radius 1 is 1.33 bits per heavy atom. The van der Waals surface area contributed by atoms with Crippen LogP contribution in [0.15, 0.2) is 30.6 Å². The normalized spacial score (nSPS) is 14.7. The zero-order valence-corrected chi connectivity index (χ0v) is 17.5. The first kappa shape index (κ1) is 20.2. The number of thiophene rings is 1. The molecule has 1 aromatic carbocycles. The van der Waals surface area contributed by atoms with E-state index in [1.807, 2.05) is 0 Å². The molecule has 0 spiro atoms. The number of esters is 1. The highest BCUT2D eigenvalue weighted by molar-refractivity contribution is 7.90. The molecule has 10 nitrogen and oxygen atoms in total. The minimum atomic E-state index is -3.22. The van der Waals surface area contributed by atoms with Gasteiger partial charge in [-0.3, -0.25) is 4.79 Å². The molecule has 0 radical (unpaired) electrons. The Labute approximate surface area is 175 Å². The van der Waals surface area contributed by atoms with Crippen molar-refractivity contribution in [1.82, 2.24) is 20.2 Å². The number of rotatable bonds is 5. The first-order valence-corrected chi connectivity index (χ1v) is 11.7. The van der Waals surface area contributed by atoms with E-state index in [1.165, 1.54) is 11.0 Å². The third kappa shape index (κ3) is 3.96. The standard InChI is InChI=1S/C18H17N5O5S2/c1-2-28-18(25)15-13-6-7-30(26,27)9-14(13)29-17(15)20-16(24)11-4-3-5-12(8-11)23-10-19-21-22-23/h3-5,8,10H,2,6-7,9H2,1H3,(H,20,24). The first-order valence-electron chi connectivity index (χ1n) is 9.05. The van der Waals surface area contributed by atoms with Gasteiger partial charge in [-0.25, -0.2) is 17.9 Å². The molecule has 3 aromatic rings. The number of sulfone groups is 1. The van der Waals surface area contributed by atoms with E-state index in [9.17, 15) is 18.0 Å². The Kier molecular flexibility index (Phi) is 5.35. The van der Waals surface area contributed by atoms with Gasteiger partial charge in [-0.1, -0.05) is 6.07 Å². The molecular weight excluding hydrogens is 430 g/mol. The van der Waals surface area contributed by atoms with Gasteiger partial charge in [-0.15, -0.1) is 16.4 Å². The summed E-state index contributed by atoms with van der Waals surface area (Å²) in [6, 6.07) is 6.65. The second-order valence-corrected chi connectivity index (χ2v) is 9.82. The van der Waals surface area contributed by atoms with Crippen LogP contribution < -0.4 is 5.32 Å². The van der Waals surface area contributed by atoms with Crippen LogP contribution in [0, 0.1) is 0 Å². The Morgan fingerprint density at radius 3 is 2.90 bits per heavy atom. The summed E-state index contributed by atoms with van der Waals surface area (Å²) in [5.41, 5.74) is 1.79. The number of ether oxygens (including phenoxy) is 1. The van der Waals surface area contributed by atoms with Crippen LogP contribution in [0.3, 0.4) is 0 Å². The fourth-order valence-corrected chi connectivity index (χ4v) is 6.21. The number of nitrogens with zero attached hydrogens (tertiary/aromatic N) is 4. The van der Waals surface area contributed by atoms with Gasteiger partial charge in [0.15, 0.2) is 9.84 Å². The third-order valence-corrected chi connectivity index (χ3v) is 7.42. The second kappa shape index (κ2) is 7.95. The van der Waals surface area contributed by atoms with Gasteiger partial charge in [-0.2, -0.15) is 0 Å². The van der Waals surface area contributed by atoms with Crippen molar-refractivity contribution in [3.8, 4) is 5.69 Å². The van der Waals surface area contributed by atoms with Crippen molar-refractivity contribution in [1.29, 1.82) is 0 Å². The van der Waals surface area contributed by atoms with E-state index in [0.29, 0.717) is 21.7 Å².